The SMILES string of the molecule is CCS(=O)(=O)CCCC(C)C(C)CN. The minimum Gasteiger partial charge on any atom is -0.330 e. The largest absolute Gasteiger partial charge is 0.330 e. The monoisotopic (exact) mass is 221 g/mol. The van der Waals surface area contributed by atoms with E-state index in [0.29, 0.717) is 24.1 Å². The van der Waals surface area contributed by atoms with Crippen LogP contribution in [-0.4, -0.2) is 26.5 Å². The third-order valence-electron chi connectivity index (χ3n) is 2.90. The number of sulfone groups is 1. The van der Waals surface area contributed by atoms with Gasteiger partial charge in [0.05, 0.1) is 5.75 Å². The van der Waals surface area contributed by atoms with Crippen molar-refractivity contribution in [3.05, 3.63) is 0 Å². The Morgan fingerprint density at radius 2 is 1.79 bits per heavy atom. The van der Waals surface area contributed by atoms with Crippen molar-refractivity contribution in [1.29, 1.82) is 0 Å². The van der Waals surface area contributed by atoms with Crippen LogP contribution in [0.5, 0.6) is 0 Å². The van der Waals surface area contributed by atoms with Gasteiger partial charge in [0.15, 0.2) is 0 Å². The van der Waals surface area contributed by atoms with Crippen LogP contribution >= 0.6 is 0 Å². The van der Waals surface area contributed by atoms with Crippen LogP contribution in [-0.2, 0) is 9.84 Å². The molecule has 0 heterocycles. The molecule has 0 fully saturated rings. The van der Waals surface area contributed by atoms with Crippen molar-refractivity contribution in [2.24, 2.45) is 17.6 Å². The molecule has 0 aromatic carbocycles. The number of hydrogen-bond donors (Lipinski definition) is 1. The lowest BCUT2D eigenvalue weighted by Crippen LogP contribution is -2.19. The van der Waals surface area contributed by atoms with Crippen molar-refractivity contribution < 1.29 is 8.42 Å². The first-order valence-electron chi connectivity index (χ1n) is 5.33. The summed E-state index contributed by atoms with van der Waals surface area (Å²) in [6.45, 7) is 6.62. The lowest BCUT2D eigenvalue weighted by molar-refractivity contribution is 0.369. The van der Waals surface area contributed by atoms with E-state index in [1.807, 2.05) is 0 Å². The highest BCUT2D eigenvalue weighted by Crippen LogP contribution is 2.16. The second-order valence-corrected chi connectivity index (χ2v) is 6.54. The van der Waals surface area contributed by atoms with Crippen molar-refractivity contribution in [2.45, 2.75) is 33.6 Å². The summed E-state index contributed by atoms with van der Waals surface area (Å²) < 4.78 is 22.4. The first-order chi connectivity index (χ1) is 6.43. The van der Waals surface area contributed by atoms with Gasteiger partial charge in [0.25, 0.3) is 0 Å². The lowest BCUT2D eigenvalue weighted by atomic mass is 9.92. The molecular formula is C10H23NO2S. The molecule has 2 N–H and O–H groups in total. The third-order valence-corrected chi connectivity index (χ3v) is 4.69. The summed E-state index contributed by atoms with van der Waals surface area (Å²) in [7, 11) is -2.78. The van der Waals surface area contributed by atoms with Crippen LogP contribution < -0.4 is 5.73 Å². The molecule has 0 spiro atoms. The van der Waals surface area contributed by atoms with Crippen molar-refractivity contribution >= 4 is 9.84 Å². The topological polar surface area (TPSA) is 60.2 Å². The Morgan fingerprint density at radius 1 is 1.21 bits per heavy atom. The zero-order valence-corrected chi connectivity index (χ0v) is 10.3. The average molecular weight is 221 g/mol. The highest BCUT2D eigenvalue weighted by molar-refractivity contribution is 7.91. The molecule has 0 aliphatic rings. The van der Waals surface area contributed by atoms with Gasteiger partial charge >= 0.3 is 0 Å². The predicted molar refractivity (Wildman–Crippen MR) is 60.9 cm³/mol. The van der Waals surface area contributed by atoms with E-state index in [9.17, 15) is 8.42 Å². The van der Waals surface area contributed by atoms with Crippen LogP contribution in [0, 0.1) is 11.8 Å². The fourth-order valence-corrected chi connectivity index (χ4v) is 2.18. The molecule has 0 radical (unpaired) electrons. The molecule has 4 heteroatoms. The Balaban J connectivity index is 3.75. The van der Waals surface area contributed by atoms with Gasteiger partial charge in [0.1, 0.15) is 9.84 Å². The smallest absolute Gasteiger partial charge is 0.150 e. The minimum absolute atomic E-state index is 0.258. The van der Waals surface area contributed by atoms with Crippen LogP contribution in [0.3, 0.4) is 0 Å². The molecule has 0 saturated carbocycles. The zero-order chi connectivity index (χ0) is 11.2. The molecule has 2 atom stereocenters. The summed E-state index contributed by atoms with van der Waals surface area (Å²) >= 11 is 0. The van der Waals surface area contributed by atoms with Crippen LogP contribution in [0.4, 0.5) is 0 Å². The van der Waals surface area contributed by atoms with Crippen LogP contribution in [0.25, 0.3) is 0 Å². The van der Waals surface area contributed by atoms with Gasteiger partial charge in [-0.15, -0.1) is 0 Å². The maximum atomic E-state index is 11.2. The molecule has 0 saturated heterocycles. The molecule has 0 aliphatic carbocycles. The van der Waals surface area contributed by atoms with Gasteiger partial charge in [-0.3, -0.25) is 0 Å². The Hall–Kier alpha value is -0.0900. The highest BCUT2D eigenvalue weighted by atomic mass is 32.2. The molecule has 0 aliphatic heterocycles. The maximum absolute atomic E-state index is 11.2. The maximum Gasteiger partial charge on any atom is 0.150 e. The molecule has 2 unspecified atom stereocenters. The van der Waals surface area contributed by atoms with Gasteiger partial charge in [0, 0.05) is 5.75 Å². The van der Waals surface area contributed by atoms with E-state index in [1.54, 1.807) is 6.92 Å². The van der Waals surface area contributed by atoms with E-state index in [1.165, 1.54) is 0 Å². The second-order valence-electron chi connectivity index (χ2n) is 4.07. The Kier molecular flexibility index (Phi) is 6.36. The van der Waals surface area contributed by atoms with E-state index >= 15 is 0 Å². The Morgan fingerprint density at radius 3 is 2.21 bits per heavy atom. The van der Waals surface area contributed by atoms with E-state index in [4.69, 9.17) is 5.73 Å². The van der Waals surface area contributed by atoms with Crippen molar-refractivity contribution in [2.75, 3.05) is 18.1 Å². The van der Waals surface area contributed by atoms with Gasteiger partial charge < -0.3 is 5.73 Å². The van der Waals surface area contributed by atoms with Crippen LogP contribution in [0.1, 0.15) is 33.6 Å². The first kappa shape index (κ1) is 13.9. The molecule has 0 aromatic heterocycles. The van der Waals surface area contributed by atoms with Crippen molar-refractivity contribution in [3.63, 3.8) is 0 Å². The Bertz CT molecular complexity index is 237. The lowest BCUT2D eigenvalue weighted by Gasteiger charge is -2.17. The number of hydrogen-bond acceptors (Lipinski definition) is 3. The number of rotatable bonds is 7. The van der Waals surface area contributed by atoms with Gasteiger partial charge in [-0.25, -0.2) is 8.42 Å². The van der Waals surface area contributed by atoms with Gasteiger partial charge in [-0.05, 0) is 31.2 Å². The summed E-state index contributed by atoms with van der Waals surface area (Å²) in [5, 5.41) is 0. The first-order valence-corrected chi connectivity index (χ1v) is 7.15. The molecule has 0 bridgehead atoms. The summed E-state index contributed by atoms with van der Waals surface area (Å²) in [4.78, 5) is 0. The molecule has 0 rings (SSSR count). The van der Waals surface area contributed by atoms with Crippen molar-refractivity contribution in [3.8, 4) is 0 Å². The number of nitrogens with two attached hydrogens (primary N) is 1. The van der Waals surface area contributed by atoms with E-state index in [-0.39, 0.29) is 5.75 Å². The third kappa shape index (κ3) is 5.60. The quantitative estimate of drug-likeness (QED) is 0.707. The molecule has 3 nitrogen and oxygen atoms in total. The van der Waals surface area contributed by atoms with Gasteiger partial charge in [-0.2, -0.15) is 0 Å². The summed E-state index contributed by atoms with van der Waals surface area (Å²) in [6, 6.07) is 0. The second kappa shape index (κ2) is 6.40. The fraction of sp³-hybridized carbons (Fsp3) is 1.00. The van der Waals surface area contributed by atoms with Crippen molar-refractivity contribution in [1.82, 2.24) is 0 Å². The standard InChI is InChI=1S/C10H23NO2S/c1-4-14(12,13)7-5-6-9(2)10(3)8-11/h9-10H,4-8,11H2,1-3H3. The van der Waals surface area contributed by atoms with Gasteiger partial charge in [-0.1, -0.05) is 20.8 Å². The minimum atomic E-state index is -2.78. The summed E-state index contributed by atoms with van der Waals surface area (Å²) in [5.41, 5.74) is 5.54. The van der Waals surface area contributed by atoms with E-state index < -0.39 is 9.84 Å². The summed E-state index contributed by atoms with van der Waals surface area (Å²) in [6.07, 6.45) is 1.72. The fourth-order valence-electron chi connectivity index (χ4n) is 1.29. The van der Waals surface area contributed by atoms with E-state index in [2.05, 4.69) is 13.8 Å². The average Bonchev–Trinajstić information content (AvgIpc) is 2.16. The highest BCUT2D eigenvalue weighted by Gasteiger charge is 2.12. The predicted octanol–water partition coefficient (Wildman–Crippen LogP) is 1.43. The molecule has 14 heavy (non-hydrogen) atoms. The summed E-state index contributed by atoms with van der Waals surface area (Å²) in [5.74, 6) is 1.59. The van der Waals surface area contributed by atoms with E-state index in [0.717, 1.165) is 12.8 Å². The Labute approximate surface area is 88.0 Å². The van der Waals surface area contributed by atoms with Gasteiger partial charge in [0.2, 0.25) is 0 Å². The molecule has 86 valence electrons. The molecule has 0 amide bonds. The zero-order valence-electron chi connectivity index (χ0n) is 9.49. The van der Waals surface area contributed by atoms with Crippen LogP contribution in [0.15, 0.2) is 0 Å². The van der Waals surface area contributed by atoms with Crippen LogP contribution in [0.2, 0.25) is 0 Å². The molecular weight excluding hydrogens is 198 g/mol. The normalized spacial score (nSPS) is 16.6. The molecule has 0 aromatic rings.